The van der Waals surface area contributed by atoms with Gasteiger partial charge in [0.25, 0.3) is 5.91 Å². The molecule has 1 unspecified atom stereocenters. The fraction of sp³-hybridized carbons (Fsp3) is 0.455. The minimum Gasteiger partial charge on any atom is -0.367 e. The second kappa shape index (κ2) is 7.48. The zero-order chi connectivity index (χ0) is 17.9. The van der Waals surface area contributed by atoms with Crippen LogP contribution in [-0.4, -0.2) is 34.9 Å². The second-order valence-corrected chi connectivity index (χ2v) is 7.40. The SMILES string of the molecule is CCC1CCCCN1C(=O)c1cc(N2CCc3ccccc3C2)ccn1. The van der Waals surface area contributed by atoms with Crippen LogP contribution in [0.5, 0.6) is 0 Å². The van der Waals surface area contributed by atoms with E-state index in [9.17, 15) is 4.79 Å². The topological polar surface area (TPSA) is 36.4 Å². The highest BCUT2D eigenvalue weighted by molar-refractivity contribution is 5.93. The summed E-state index contributed by atoms with van der Waals surface area (Å²) >= 11 is 0. The molecule has 4 rings (SSSR count). The summed E-state index contributed by atoms with van der Waals surface area (Å²) in [7, 11) is 0. The Balaban J connectivity index is 1.54. The summed E-state index contributed by atoms with van der Waals surface area (Å²) in [6, 6.07) is 13.0. The zero-order valence-electron chi connectivity index (χ0n) is 15.5. The predicted molar refractivity (Wildman–Crippen MR) is 104 cm³/mol. The van der Waals surface area contributed by atoms with Gasteiger partial charge in [-0.2, -0.15) is 0 Å². The van der Waals surface area contributed by atoms with Gasteiger partial charge in [-0.05, 0) is 55.4 Å². The lowest BCUT2D eigenvalue weighted by atomic mass is 9.99. The number of fused-ring (bicyclic) bond motifs is 1. The molecule has 1 atom stereocenters. The lowest BCUT2D eigenvalue weighted by Gasteiger charge is -2.35. The molecule has 1 fully saturated rings. The number of benzene rings is 1. The number of rotatable bonds is 3. The normalized spacial score (nSPS) is 20.0. The van der Waals surface area contributed by atoms with Gasteiger partial charge in [-0.3, -0.25) is 9.78 Å². The van der Waals surface area contributed by atoms with Crippen LogP contribution < -0.4 is 4.90 Å². The van der Waals surface area contributed by atoms with Crippen LogP contribution in [0.4, 0.5) is 5.69 Å². The minimum atomic E-state index is 0.0933. The summed E-state index contributed by atoms with van der Waals surface area (Å²) in [5.74, 6) is 0.0933. The maximum atomic E-state index is 13.0. The van der Waals surface area contributed by atoms with Crippen molar-refractivity contribution in [2.75, 3.05) is 18.0 Å². The summed E-state index contributed by atoms with van der Waals surface area (Å²) in [6.45, 7) is 4.91. The highest BCUT2D eigenvalue weighted by Crippen LogP contribution is 2.26. The first-order valence-electron chi connectivity index (χ1n) is 9.85. The standard InChI is InChI=1S/C22H27N3O/c1-2-19-9-5-6-13-25(19)22(26)21-15-20(10-12-23-21)24-14-11-17-7-3-4-8-18(17)16-24/h3-4,7-8,10,12,15,19H,2,5-6,9,11,13-14,16H2,1H3. The number of hydrogen-bond acceptors (Lipinski definition) is 3. The van der Waals surface area contributed by atoms with Gasteiger partial charge < -0.3 is 9.80 Å². The van der Waals surface area contributed by atoms with Crippen molar-refractivity contribution in [1.29, 1.82) is 0 Å². The Hall–Kier alpha value is -2.36. The number of likely N-dealkylation sites (tertiary alicyclic amines) is 1. The van der Waals surface area contributed by atoms with Gasteiger partial charge in [0.15, 0.2) is 0 Å². The molecule has 2 aliphatic heterocycles. The van der Waals surface area contributed by atoms with Crippen molar-refractivity contribution in [3.05, 3.63) is 59.4 Å². The third-order valence-electron chi connectivity index (χ3n) is 5.82. The average Bonchev–Trinajstić information content (AvgIpc) is 2.73. The highest BCUT2D eigenvalue weighted by atomic mass is 16.2. The Morgan fingerprint density at radius 3 is 2.85 bits per heavy atom. The molecule has 0 spiro atoms. The van der Waals surface area contributed by atoms with Gasteiger partial charge in [-0.1, -0.05) is 31.2 Å². The molecule has 4 nitrogen and oxygen atoms in total. The van der Waals surface area contributed by atoms with Crippen LogP contribution >= 0.6 is 0 Å². The van der Waals surface area contributed by atoms with Crippen molar-refractivity contribution in [3.8, 4) is 0 Å². The van der Waals surface area contributed by atoms with Crippen molar-refractivity contribution in [2.24, 2.45) is 0 Å². The molecule has 1 amide bonds. The maximum absolute atomic E-state index is 13.0. The van der Waals surface area contributed by atoms with Crippen LogP contribution in [0.3, 0.4) is 0 Å². The van der Waals surface area contributed by atoms with E-state index in [-0.39, 0.29) is 5.91 Å². The smallest absolute Gasteiger partial charge is 0.272 e. The van der Waals surface area contributed by atoms with E-state index < -0.39 is 0 Å². The lowest BCUT2D eigenvalue weighted by molar-refractivity contribution is 0.0602. The number of carbonyl (C=O) groups excluding carboxylic acids is 1. The Bertz CT molecular complexity index is 788. The van der Waals surface area contributed by atoms with E-state index in [0.29, 0.717) is 11.7 Å². The first-order chi connectivity index (χ1) is 12.8. The van der Waals surface area contributed by atoms with E-state index >= 15 is 0 Å². The van der Waals surface area contributed by atoms with Gasteiger partial charge in [0.05, 0.1) is 0 Å². The molecule has 2 aromatic rings. The summed E-state index contributed by atoms with van der Waals surface area (Å²) in [5, 5.41) is 0. The van der Waals surface area contributed by atoms with Crippen LogP contribution in [0.1, 0.15) is 54.2 Å². The number of aromatic nitrogens is 1. The van der Waals surface area contributed by atoms with Gasteiger partial charge in [-0.15, -0.1) is 0 Å². The molecule has 3 heterocycles. The molecule has 0 bridgehead atoms. The first kappa shape index (κ1) is 17.1. The molecular weight excluding hydrogens is 322 g/mol. The van der Waals surface area contributed by atoms with Crippen LogP contribution in [0, 0.1) is 0 Å². The Morgan fingerprint density at radius 1 is 1.15 bits per heavy atom. The monoisotopic (exact) mass is 349 g/mol. The molecule has 0 saturated carbocycles. The Labute approximate surface area is 155 Å². The van der Waals surface area contributed by atoms with Gasteiger partial charge >= 0.3 is 0 Å². The number of pyridine rings is 1. The van der Waals surface area contributed by atoms with Gasteiger partial charge in [0, 0.05) is 37.6 Å². The van der Waals surface area contributed by atoms with Crippen LogP contribution in [0.15, 0.2) is 42.6 Å². The zero-order valence-corrected chi connectivity index (χ0v) is 15.5. The van der Waals surface area contributed by atoms with Crippen LogP contribution in [-0.2, 0) is 13.0 Å². The quantitative estimate of drug-likeness (QED) is 0.839. The third kappa shape index (κ3) is 3.33. The van der Waals surface area contributed by atoms with Crippen molar-refractivity contribution in [2.45, 2.75) is 51.6 Å². The number of hydrogen-bond donors (Lipinski definition) is 0. The van der Waals surface area contributed by atoms with Crippen molar-refractivity contribution in [1.82, 2.24) is 9.88 Å². The first-order valence-corrected chi connectivity index (χ1v) is 9.85. The van der Waals surface area contributed by atoms with E-state index in [1.54, 1.807) is 6.20 Å². The molecule has 136 valence electrons. The van der Waals surface area contributed by atoms with Crippen LogP contribution in [0.2, 0.25) is 0 Å². The van der Waals surface area contributed by atoms with Crippen molar-refractivity contribution in [3.63, 3.8) is 0 Å². The Kier molecular flexibility index (Phi) is 4.91. The van der Waals surface area contributed by atoms with Gasteiger partial charge in [0.1, 0.15) is 5.69 Å². The molecule has 0 aliphatic carbocycles. The molecule has 2 aliphatic rings. The molecule has 1 aromatic heterocycles. The third-order valence-corrected chi connectivity index (χ3v) is 5.82. The number of amides is 1. The number of piperidine rings is 1. The molecule has 4 heteroatoms. The molecule has 1 saturated heterocycles. The fourth-order valence-electron chi connectivity index (χ4n) is 4.29. The van der Waals surface area contributed by atoms with Crippen LogP contribution in [0.25, 0.3) is 0 Å². The van der Waals surface area contributed by atoms with Gasteiger partial charge in [-0.25, -0.2) is 0 Å². The highest BCUT2D eigenvalue weighted by Gasteiger charge is 2.27. The second-order valence-electron chi connectivity index (χ2n) is 7.40. The van der Waals surface area contributed by atoms with Crippen molar-refractivity contribution >= 4 is 11.6 Å². The summed E-state index contributed by atoms with van der Waals surface area (Å²) < 4.78 is 0. The van der Waals surface area contributed by atoms with E-state index in [0.717, 1.165) is 51.0 Å². The predicted octanol–water partition coefficient (Wildman–Crippen LogP) is 4.05. The molecule has 1 aromatic carbocycles. The van der Waals surface area contributed by atoms with Crippen molar-refractivity contribution < 1.29 is 4.79 Å². The summed E-state index contributed by atoms with van der Waals surface area (Å²) in [6.07, 6.45) is 7.30. The fourth-order valence-corrected chi connectivity index (χ4v) is 4.29. The number of anilines is 1. The van der Waals surface area contributed by atoms with Gasteiger partial charge in [0.2, 0.25) is 0 Å². The molecular formula is C22H27N3O. The Morgan fingerprint density at radius 2 is 2.00 bits per heavy atom. The molecule has 0 radical (unpaired) electrons. The molecule has 26 heavy (non-hydrogen) atoms. The summed E-state index contributed by atoms with van der Waals surface area (Å²) in [4.78, 5) is 21.9. The summed E-state index contributed by atoms with van der Waals surface area (Å²) in [5.41, 5.74) is 4.50. The van der Waals surface area contributed by atoms with E-state index in [2.05, 4.69) is 41.1 Å². The minimum absolute atomic E-state index is 0.0933. The number of carbonyl (C=O) groups is 1. The van der Waals surface area contributed by atoms with E-state index in [4.69, 9.17) is 0 Å². The number of nitrogens with zero attached hydrogens (tertiary/aromatic N) is 3. The molecule has 0 N–H and O–H groups in total. The van der Waals surface area contributed by atoms with E-state index in [1.807, 2.05) is 17.0 Å². The lowest BCUT2D eigenvalue weighted by Crippen LogP contribution is -2.43. The average molecular weight is 349 g/mol. The maximum Gasteiger partial charge on any atom is 0.272 e. The largest absolute Gasteiger partial charge is 0.367 e. The van der Waals surface area contributed by atoms with E-state index in [1.165, 1.54) is 17.5 Å².